The van der Waals surface area contributed by atoms with Gasteiger partial charge in [-0.3, -0.25) is 4.79 Å². The molecule has 2 N–H and O–H groups in total. The number of benzene rings is 1. The second-order valence-corrected chi connectivity index (χ2v) is 14.7. The van der Waals surface area contributed by atoms with Crippen molar-refractivity contribution in [2.24, 2.45) is 11.8 Å². The molecule has 2 aromatic heterocycles. The summed E-state index contributed by atoms with van der Waals surface area (Å²) < 4.78 is 31.7. The highest BCUT2D eigenvalue weighted by Crippen LogP contribution is 2.31. The maximum atomic E-state index is 13.2. The van der Waals surface area contributed by atoms with Crippen LogP contribution in [0, 0.1) is 11.8 Å². The van der Waals surface area contributed by atoms with Gasteiger partial charge in [0.1, 0.15) is 11.6 Å². The SMILES string of the molecule is CC1(C)CN(C(=O)C2CCC(Nc3nccc(-n4ccc5c(OCC6CCS(=O)(=O)C6)cccc54)n3)CC2)CCN1. The molecule has 3 aromatic rings. The number of carbonyl (C=O) groups excluding carboxylic acids is 1. The Kier molecular flexibility index (Phi) is 7.67. The number of fused-ring (bicyclic) bond motifs is 1. The molecule has 3 aliphatic rings. The molecule has 1 aliphatic carbocycles. The van der Waals surface area contributed by atoms with E-state index in [0.717, 1.165) is 67.8 Å². The molecule has 2 saturated heterocycles. The van der Waals surface area contributed by atoms with Gasteiger partial charge >= 0.3 is 0 Å². The highest BCUT2D eigenvalue weighted by molar-refractivity contribution is 7.91. The van der Waals surface area contributed by atoms with E-state index in [9.17, 15) is 13.2 Å². The van der Waals surface area contributed by atoms with Crippen LogP contribution in [0.2, 0.25) is 0 Å². The maximum Gasteiger partial charge on any atom is 0.225 e. The minimum Gasteiger partial charge on any atom is -0.493 e. The van der Waals surface area contributed by atoms with E-state index in [1.54, 1.807) is 6.20 Å². The first kappa shape index (κ1) is 28.0. The zero-order valence-electron chi connectivity index (χ0n) is 23.9. The van der Waals surface area contributed by atoms with E-state index in [1.807, 2.05) is 46.0 Å². The molecular formula is C30H40N6O4S. The van der Waals surface area contributed by atoms with Crippen molar-refractivity contribution in [3.8, 4) is 11.6 Å². The van der Waals surface area contributed by atoms with E-state index >= 15 is 0 Å². The van der Waals surface area contributed by atoms with Crippen LogP contribution in [-0.4, -0.2) is 83.1 Å². The standard InChI is InChI=1S/C30H40N6O4S/c1-30(2)20-35(16-14-32-30)28(37)22-6-8-23(9-7-22)33-29-31-13-10-27(34-29)36-15-11-24-25(36)4-3-5-26(24)40-18-21-12-17-41(38,39)19-21/h3-5,10-11,13,15,21-23,32H,6-9,12,14,16-20H2,1-2H3,(H,31,33,34). The molecule has 0 radical (unpaired) electrons. The van der Waals surface area contributed by atoms with Crippen LogP contribution in [-0.2, 0) is 14.6 Å². The first-order valence-corrected chi connectivity index (χ1v) is 16.5. The Labute approximate surface area is 241 Å². The van der Waals surface area contributed by atoms with Gasteiger partial charge in [-0.1, -0.05) is 6.07 Å². The van der Waals surface area contributed by atoms with Crippen molar-refractivity contribution in [2.75, 3.05) is 43.1 Å². The van der Waals surface area contributed by atoms with Crippen molar-refractivity contribution in [1.29, 1.82) is 0 Å². The van der Waals surface area contributed by atoms with Crippen LogP contribution >= 0.6 is 0 Å². The number of hydrogen-bond acceptors (Lipinski definition) is 8. The third-order valence-electron chi connectivity index (χ3n) is 8.67. The third kappa shape index (κ3) is 6.35. The van der Waals surface area contributed by atoms with Crippen LogP contribution in [0.4, 0.5) is 5.95 Å². The summed E-state index contributed by atoms with van der Waals surface area (Å²) in [5.74, 6) is 2.96. The summed E-state index contributed by atoms with van der Waals surface area (Å²) in [6.45, 7) is 7.09. The molecule has 0 spiro atoms. The van der Waals surface area contributed by atoms with Crippen molar-refractivity contribution < 1.29 is 17.9 Å². The lowest BCUT2D eigenvalue weighted by molar-refractivity contribution is -0.138. The van der Waals surface area contributed by atoms with Gasteiger partial charge in [-0.15, -0.1) is 0 Å². The van der Waals surface area contributed by atoms with Gasteiger partial charge in [-0.25, -0.2) is 13.4 Å². The molecule has 2 aliphatic heterocycles. The number of nitrogens with zero attached hydrogens (tertiary/aromatic N) is 4. The number of nitrogens with one attached hydrogen (secondary N) is 2. The van der Waals surface area contributed by atoms with Gasteiger partial charge in [0.15, 0.2) is 9.84 Å². The number of sulfone groups is 1. The molecule has 11 heteroatoms. The van der Waals surface area contributed by atoms with Gasteiger partial charge < -0.3 is 24.8 Å². The lowest BCUT2D eigenvalue weighted by Crippen LogP contribution is -2.59. The zero-order valence-corrected chi connectivity index (χ0v) is 24.7. The Morgan fingerprint density at radius 1 is 1.15 bits per heavy atom. The van der Waals surface area contributed by atoms with E-state index in [4.69, 9.17) is 9.72 Å². The van der Waals surface area contributed by atoms with Crippen LogP contribution < -0.4 is 15.4 Å². The highest BCUT2D eigenvalue weighted by Gasteiger charge is 2.34. The Bertz CT molecular complexity index is 1510. The highest BCUT2D eigenvalue weighted by atomic mass is 32.2. The number of rotatable bonds is 7. The number of hydrogen-bond donors (Lipinski definition) is 2. The third-order valence-corrected chi connectivity index (χ3v) is 10.5. The van der Waals surface area contributed by atoms with E-state index in [1.165, 1.54) is 0 Å². The fraction of sp³-hybridized carbons (Fsp3) is 0.567. The van der Waals surface area contributed by atoms with Gasteiger partial charge in [-0.05, 0) is 70.2 Å². The van der Waals surface area contributed by atoms with E-state index < -0.39 is 9.84 Å². The second kappa shape index (κ2) is 11.2. The summed E-state index contributed by atoms with van der Waals surface area (Å²) in [5.41, 5.74) is 0.927. The summed E-state index contributed by atoms with van der Waals surface area (Å²) in [6, 6.07) is 10.0. The molecule has 220 valence electrons. The average Bonchev–Trinajstić information content (AvgIpc) is 3.54. The summed E-state index contributed by atoms with van der Waals surface area (Å²) in [4.78, 5) is 24.5. The van der Waals surface area contributed by atoms with E-state index in [0.29, 0.717) is 24.9 Å². The number of anilines is 1. The van der Waals surface area contributed by atoms with Crippen molar-refractivity contribution in [3.63, 3.8) is 0 Å². The summed E-state index contributed by atoms with van der Waals surface area (Å²) >= 11 is 0. The summed E-state index contributed by atoms with van der Waals surface area (Å²) in [5, 5.41) is 7.95. The Morgan fingerprint density at radius 3 is 2.73 bits per heavy atom. The molecule has 3 fully saturated rings. The number of aromatic nitrogens is 3. The molecule has 4 heterocycles. The van der Waals surface area contributed by atoms with Crippen LogP contribution in [0.5, 0.6) is 5.75 Å². The maximum absolute atomic E-state index is 13.2. The predicted molar refractivity (Wildman–Crippen MR) is 159 cm³/mol. The molecule has 1 atom stereocenters. The lowest BCUT2D eigenvalue weighted by Gasteiger charge is -2.41. The van der Waals surface area contributed by atoms with Crippen molar-refractivity contribution in [3.05, 3.63) is 42.7 Å². The molecule has 1 unspecified atom stereocenters. The van der Waals surface area contributed by atoms with Crippen LogP contribution in [0.1, 0.15) is 46.0 Å². The summed E-state index contributed by atoms with van der Waals surface area (Å²) in [6.07, 6.45) is 7.96. The lowest BCUT2D eigenvalue weighted by atomic mass is 9.84. The largest absolute Gasteiger partial charge is 0.493 e. The molecule has 1 aromatic carbocycles. The van der Waals surface area contributed by atoms with Crippen LogP contribution in [0.3, 0.4) is 0 Å². The number of piperazine rings is 1. The number of carbonyl (C=O) groups is 1. The van der Waals surface area contributed by atoms with Gasteiger partial charge in [0.2, 0.25) is 11.9 Å². The van der Waals surface area contributed by atoms with Crippen molar-refractivity contribution in [1.82, 2.24) is 24.8 Å². The molecular weight excluding hydrogens is 540 g/mol. The van der Waals surface area contributed by atoms with Crippen LogP contribution in [0.25, 0.3) is 16.7 Å². The molecule has 41 heavy (non-hydrogen) atoms. The van der Waals surface area contributed by atoms with E-state index in [2.05, 4.69) is 29.5 Å². The van der Waals surface area contributed by atoms with Gasteiger partial charge in [-0.2, -0.15) is 4.98 Å². The second-order valence-electron chi connectivity index (χ2n) is 12.5. The quantitative estimate of drug-likeness (QED) is 0.437. The smallest absolute Gasteiger partial charge is 0.225 e. The Hall–Kier alpha value is -3.18. The average molecular weight is 581 g/mol. The zero-order chi connectivity index (χ0) is 28.6. The fourth-order valence-electron chi connectivity index (χ4n) is 6.48. The van der Waals surface area contributed by atoms with Crippen molar-refractivity contribution >= 4 is 32.6 Å². The van der Waals surface area contributed by atoms with Crippen molar-refractivity contribution in [2.45, 2.75) is 57.5 Å². The Balaban J connectivity index is 1.08. The fourth-order valence-corrected chi connectivity index (χ4v) is 8.32. The molecule has 10 nitrogen and oxygen atoms in total. The van der Waals surface area contributed by atoms with Gasteiger partial charge in [0.25, 0.3) is 0 Å². The normalized spacial score (nSPS) is 25.7. The Morgan fingerprint density at radius 2 is 1.98 bits per heavy atom. The van der Waals surface area contributed by atoms with E-state index in [-0.39, 0.29) is 34.9 Å². The summed E-state index contributed by atoms with van der Waals surface area (Å²) in [7, 11) is -2.93. The molecule has 6 rings (SSSR count). The number of amides is 1. The molecule has 1 saturated carbocycles. The minimum atomic E-state index is -2.93. The number of ether oxygens (including phenoxy) is 1. The monoisotopic (exact) mass is 580 g/mol. The first-order valence-electron chi connectivity index (χ1n) is 14.7. The first-order chi connectivity index (χ1) is 19.7. The molecule has 1 amide bonds. The van der Waals surface area contributed by atoms with Gasteiger partial charge in [0, 0.05) is 60.8 Å². The molecule has 0 bridgehead atoms. The topological polar surface area (TPSA) is 118 Å². The van der Waals surface area contributed by atoms with Crippen LogP contribution in [0.15, 0.2) is 42.7 Å². The predicted octanol–water partition coefficient (Wildman–Crippen LogP) is 3.42. The minimum absolute atomic E-state index is 0.0322. The van der Waals surface area contributed by atoms with Gasteiger partial charge in [0.05, 0.1) is 23.6 Å².